The number of aromatic nitrogens is 6. The number of anilines is 2. The average Bonchev–Trinajstić information content (AvgIpc) is 3.11. The third kappa shape index (κ3) is 2.75. The van der Waals surface area contributed by atoms with Crippen LogP contribution in [0.5, 0.6) is 0 Å². The first-order valence-electron chi connectivity index (χ1n) is 5.98. The lowest BCUT2D eigenvalue weighted by Gasteiger charge is -2.12. The van der Waals surface area contributed by atoms with Gasteiger partial charge in [-0.1, -0.05) is 0 Å². The molecule has 19 heavy (non-hydrogen) atoms. The number of nitrogens with zero attached hydrogens (tertiary/aromatic N) is 6. The van der Waals surface area contributed by atoms with Crippen molar-refractivity contribution in [1.29, 1.82) is 0 Å². The predicted molar refractivity (Wildman–Crippen MR) is 73.6 cm³/mol. The maximum Gasteiger partial charge on any atom is 0.258 e. The molecule has 0 radical (unpaired) electrons. The van der Waals surface area contributed by atoms with E-state index in [1.165, 1.54) is 16.8 Å². The normalized spacial score (nSPS) is 18.5. The van der Waals surface area contributed by atoms with Crippen molar-refractivity contribution in [2.75, 3.05) is 29.2 Å². The van der Waals surface area contributed by atoms with Gasteiger partial charge in [0.1, 0.15) is 12.7 Å². The molecule has 1 unspecified atom stereocenters. The molecular formula is C10H14N8S. The Balaban J connectivity index is 1.88. The molecule has 3 rings (SSSR count). The standard InChI is InChI=1S/C10H14N8S/c1-11-8-15-9(14-7-2-3-19-4-7)17-10(16-8)18-6-12-5-13-18/h5-7H,2-4H2,1H3,(H2,11,14,15,16,17). The molecule has 1 atom stereocenters. The Morgan fingerprint density at radius 2 is 2.21 bits per heavy atom. The number of rotatable bonds is 4. The topological polar surface area (TPSA) is 93.4 Å². The van der Waals surface area contributed by atoms with Crippen LogP contribution in [-0.4, -0.2) is 54.3 Å². The monoisotopic (exact) mass is 278 g/mol. The van der Waals surface area contributed by atoms with Crippen LogP contribution >= 0.6 is 11.8 Å². The van der Waals surface area contributed by atoms with Crippen LogP contribution in [-0.2, 0) is 0 Å². The van der Waals surface area contributed by atoms with Gasteiger partial charge in [-0.2, -0.15) is 36.5 Å². The van der Waals surface area contributed by atoms with E-state index in [4.69, 9.17) is 0 Å². The molecule has 3 heterocycles. The highest BCUT2D eigenvalue weighted by Crippen LogP contribution is 2.20. The van der Waals surface area contributed by atoms with E-state index >= 15 is 0 Å². The third-order valence-electron chi connectivity index (χ3n) is 2.73. The second-order valence-electron chi connectivity index (χ2n) is 4.08. The summed E-state index contributed by atoms with van der Waals surface area (Å²) in [5, 5.41) is 10.3. The second kappa shape index (κ2) is 5.39. The zero-order valence-electron chi connectivity index (χ0n) is 10.4. The number of nitrogens with one attached hydrogen (secondary N) is 2. The van der Waals surface area contributed by atoms with Crippen molar-refractivity contribution in [2.45, 2.75) is 12.5 Å². The molecule has 2 aromatic heterocycles. The van der Waals surface area contributed by atoms with E-state index in [1.54, 1.807) is 13.4 Å². The minimum atomic E-state index is 0.417. The fourth-order valence-electron chi connectivity index (χ4n) is 1.79. The molecule has 9 heteroatoms. The zero-order valence-corrected chi connectivity index (χ0v) is 11.3. The summed E-state index contributed by atoms with van der Waals surface area (Å²) >= 11 is 1.94. The molecule has 0 aromatic carbocycles. The minimum absolute atomic E-state index is 0.417. The van der Waals surface area contributed by atoms with Crippen molar-refractivity contribution < 1.29 is 0 Å². The highest BCUT2D eigenvalue weighted by Gasteiger charge is 2.17. The summed E-state index contributed by atoms with van der Waals surface area (Å²) in [4.78, 5) is 16.8. The van der Waals surface area contributed by atoms with E-state index in [0.29, 0.717) is 23.9 Å². The molecule has 0 bridgehead atoms. The molecule has 0 amide bonds. The van der Waals surface area contributed by atoms with Gasteiger partial charge in [0, 0.05) is 18.8 Å². The Bertz CT molecular complexity index is 536. The SMILES string of the molecule is CNc1nc(NC2CCSC2)nc(-n2cncn2)n1. The largest absolute Gasteiger partial charge is 0.357 e. The van der Waals surface area contributed by atoms with Crippen LogP contribution in [0, 0.1) is 0 Å². The molecule has 1 saturated heterocycles. The van der Waals surface area contributed by atoms with Gasteiger partial charge < -0.3 is 10.6 Å². The zero-order chi connectivity index (χ0) is 13.1. The average molecular weight is 278 g/mol. The van der Waals surface area contributed by atoms with Crippen LogP contribution in [0.1, 0.15) is 6.42 Å². The molecule has 2 N–H and O–H groups in total. The van der Waals surface area contributed by atoms with Crippen LogP contribution < -0.4 is 10.6 Å². The van der Waals surface area contributed by atoms with Crippen LogP contribution in [0.15, 0.2) is 12.7 Å². The fourth-order valence-corrected chi connectivity index (χ4v) is 2.94. The maximum atomic E-state index is 4.37. The number of hydrogen-bond donors (Lipinski definition) is 2. The van der Waals surface area contributed by atoms with Crippen molar-refractivity contribution in [2.24, 2.45) is 0 Å². The van der Waals surface area contributed by atoms with E-state index in [0.717, 1.165) is 12.2 Å². The summed E-state index contributed by atoms with van der Waals surface area (Å²) in [6, 6.07) is 0.417. The van der Waals surface area contributed by atoms with Crippen molar-refractivity contribution in [3.8, 4) is 5.95 Å². The van der Waals surface area contributed by atoms with Crippen LogP contribution in [0.3, 0.4) is 0 Å². The molecule has 0 aliphatic carbocycles. The Labute approximate surface area is 114 Å². The lowest BCUT2D eigenvalue weighted by atomic mass is 10.3. The van der Waals surface area contributed by atoms with Crippen LogP contribution in [0.25, 0.3) is 5.95 Å². The fraction of sp³-hybridized carbons (Fsp3) is 0.500. The first-order chi connectivity index (χ1) is 9.35. The first-order valence-corrected chi connectivity index (χ1v) is 7.14. The van der Waals surface area contributed by atoms with Gasteiger partial charge >= 0.3 is 0 Å². The summed E-state index contributed by atoms with van der Waals surface area (Å²) in [6.45, 7) is 0. The Morgan fingerprint density at radius 1 is 1.32 bits per heavy atom. The molecule has 1 fully saturated rings. The quantitative estimate of drug-likeness (QED) is 0.830. The van der Waals surface area contributed by atoms with Gasteiger partial charge in [0.05, 0.1) is 0 Å². The van der Waals surface area contributed by atoms with Gasteiger partial charge in [0.2, 0.25) is 11.9 Å². The van der Waals surface area contributed by atoms with E-state index in [-0.39, 0.29) is 0 Å². The minimum Gasteiger partial charge on any atom is -0.357 e. The van der Waals surface area contributed by atoms with Gasteiger partial charge in [-0.25, -0.2) is 4.98 Å². The number of hydrogen-bond acceptors (Lipinski definition) is 8. The summed E-state index contributed by atoms with van der Waals surface area (Å²) in [7, 11) is 1.77. The third-order valence-corrected chi connectivity index (χ3v) is 3.90. The Kier molecular flexibility index (Phi) is 3.45. The molecule has 1 aliphatic heterocycles. The van der Waals surface area contributed by atoms with E-state index in [1.807, 2.05) is 11.8 Å². The predicted octanol–water partition coefficient (Wildman–Crippen LogP) is 0.411. The van der Waals surface area contributed by atoms with Crippen molar-refractivity contribution in [1.82, 2.24) is 29.7 Å². The van der Waals surface area contributed by atoms with E-state index in [9.17, 15) is 0 Å². The molecule has 0 saturated carbocycles. The number of thioether (sulfide) groups is 1. The highest BCUT2D eigenvalue weighted by atomic mass is 32.2. The summed E-state index contributed by atoms with van der Waals surface area (Å²) in [5.41, 5.74) is 0. The second-order valence-corrected chi connectivity index (χ2v) is 5.23. The van der Waals surface area contributed by atoms with Crippen LogP contribution in [0.4, 0.5) is 11.9 Å². The lowest BCUT2D eigenvalue weighted by Crippen LogP contribution is -2.21. The van der Waals surface area contributed by atoms with E-state index in [2.05, 4.69) is 35.7 Å². The summed E-state index contributed by atoms with van der Waals surface area (Å²) in [5.74, 6) is 3.78. The van der Waals surface area contributed by atoms with Gasteiger partial charge in [0.15, 0.2) is 0 Å². The van der Waals surface area contributed by atoms with Crippen molar-refractivity contribution in [3.05, 3.63) is 12.7 Å². The smallest absolute Gasteiger partial charge is 0.258 e. The summed E-state index contributed by atoms with van der Waals surface area (Å²) in [6.07, 6.45) is 4.14. The molecule has 2 aromatic rings. The highest BCUT2D eigenvalue weighted by molar-refractivity contribution is 7.99. The van der Waals surface area contributed by atoms with Gasteiger partial charge in [0.25, 0.3) is 5.95 Å². The molecule has 1 aliphatic rings. The molecular weight excluding hydrogens is 264 g/mol. The van der Waals surface area contributed by atoms with Crippen molar-refractivity contribution >= 4 is 23.7 Å². The summed E-state index contributed by atoms with van der Waals surface area (Å²) < 4.78 is 1.51. The van der Waals surface area contributed by atoms with Gasteiger partial charge in [-0.3, -0.25) is 0 Å². The van der Waals surface area contributed by atoms with Crippen LogP contribution in [0.2, 0.25) is 0 Å². The Morgan fingerprint density at radius 3 is 2.89 bits per heavy atom. The van der Waals surface area contributed by atoms with Crippen molar-refractivity contribution in [3.63, 3.8) is 0 Å². The molecule has 100 valence electrons. The Hall–Kier alpha value is -1.90. The van der Waals surface area contributed by atoms with Gasteiger partial charge in [-0.15, -0.1) is 0 Å². The van der Waals surface area contributed by atoms with Gasteiger partial charge in [-0.05, 0) is 12.2 Å². The lowest BCUT2D eigenvalue weighted by molar-refractivity contribution is 0.768. The first kappa shape index (κ1) is 12.2. The molecule has 8 nitrogen and oxygen atoms in total. The molecule has 0 spiro atoms. The van der Waals surface area contributed by atoms with E-state index < -0.39 is 0 Å². The maximum absolute atomic E-state index is 4.37.